The number of carbonyl (C=O) groups excluding carboxylic acids is 7. The zero-order valence-corrected chi connectivity index (χ0v) is 26.0. The first-order valence-corrected chi connectivity index (χ1v) is 13.6. The summed E-state index contributed by atoms with van der Waals surface area (Å²) in [5, 5.41) is 0. The summed E-state index contributed by atoms with van der Waals surface area (Å²) in [6, 6.07) is 0. The fourth-order valence-corrected chi connectivity index (χ4v) is 2.48. The minimum Gasteiger partial charge on any atom is -0.462 e. The highest BCUT2D eigenvalue weighted by Crippen LogP contribution is 2.09. The molecule has 2 atom stereocenters. The van der Waals surface area contributed by atoms with Crippen molar-refractivity contribution in [3.05, 3.63) is 36.0 Å². The van der Waals surface area contributed by atoms with E-state index >= 15 is 0 Å². The van der Waals surface area contributed by atoms with Crippen molar-refractivity contribution in [2.24, 2.45) is 5.92 Å². The summed E-state index contributed by atoms with van der Waals surface area (Å²) in [6.07, 6.45) is -1.94. The maximum absolute atomic E-state index is 12.1. The van der Waals surface area contributed by atoms with Crippen LogP contribution in [0.5, 0.6) is 0 Å². The lowest BCUT2D eigenvalue weighted by Crippen LogP contribution is -2.28. The molecule has 0 aliphatic carbocycles. The van der Waals surface area contributed by atoms with Crippen LogP contribution in [0, 0.1) is 5.92 Å². The molecule has 0 saturated heterocycles. The number of ether oxygens (including phenoxy) is 9. The van der Waals surface area contributed by atoms with Crippen LogP contribution in [0.2, 0.25) is 0 Å². The minimum atomic E-state index is -1.31. The molecule has 0 heterocycles. The van der Waals surface area contributed by atoms with E-state index in [1.54, 1.807) is 6.92 Å². The normalized spacial score (nSPS) is 11.9. The van der Waals surface area contributed by atoms with Gasteiger partial charge >= 0.3 is 42.2 Å². The van der Waals surface area contributed by atoms with Gasteiger partial charge < -0.3 is 42.6 Å². The molecule has 16 nitrogen and oxygen atoms in total. The molecule has 0 aliphatic heterocycles. The van der Waals surface area contributed by atoms with Gasteiger partial charge in [0.05, 0.1) is 5.92 Å². The summed E-state index contributed by atoms with van der Waals surface area (Å²) in [5.74, 6) is -4.13. The molecule has 0 aromatic carbocycles. The van der Waals surface area contributed by atoms with Crippen LogP contribution >= 0.6 is 0 Å². The molecule has 0 aromatic rings. The monoisotopic (exact) mass is 644 g/mol. The van der Waals surface area contributed by atoms with Crippen molar-refractivity contribution in [2.75, 3.05) is 52.9 Å². The number of carbonyl (C=O) groups is 7. The molecule has 0 saturated carbocycles. The first-order chi connectivity index (χ1) is 21.1. The predicted octanol–water partition coefficient (Wildman–Crippen LogP) is 2.52. The number of allylic oxidation sites excluding steroid dienone is 1. The van der Waals surface area contributed by atoms with E-state index in [9.17, 15) is 33.6 Å². The molecule has 0 bridgehead atoms. The van der Waals surface area contributed by atoms with Gasteiger partial charge in [-0.3, -0.25) is 4.79 Å². The Kier molecular flexibility index (Phi) is 20.2. The average Bonchev–Trinajstić information content (AvgIpc) is 2.99. The molecule has 0 aromatic heterocycles. The predicted molar refractivity (Wildman–Crippen MR) is 151 cm³/mol. The first-order valence-electron chi connectivity index (χ1n) is 13.6. The maximum atomic E-state index is 12.1. The SMILES string of the molecule is C=C(C)C(=O)OCCOC(=O)OCCOC(=O)C(C)=CCC(C)C(=O)OCCOC(=O)OC(C)C(=O)OCCOC(=O)C(=C)C. The largest absolute Gasteiger partial charge is 0.509 e. The Labute approximate surface area is 260 Å². The first kappa shape index (κ1) is 40.1. The van der Waals surface area contributed by atoms with Gasteiger partial charge in [-0.1, -0.05) is 26.2 Å². The molecule has 0 N–H and O–H groups in total. The molecule has 0 fully saturated rings. The average molecular weight is 645 g/mol. The Hall–Kier alpha value is -4.89. The van der Waals surface area contributed by atoms with Gasteiger partial charge in [0.25, 0.3) is 0 Å². The van der Waals surface area contributed by atoms with Crippen LogP contribution in [-0.2, 0) is 66.6 Å². The van der Waals surface area contributed by atoms with Crippen LogP contribution in [-0.4, -0.2) is 101 Å². The number of rotatable bonds is 20. The highest BCUT2D eigenvalue weighted by atomic mass is 16.7. The molecular weight excluding hydrogens is 604 g/mol. The molecule has 0 spiro atoms. The quantitative estimate of drug-likeness (QED) is 0.0808. The van der Waals surface area contributed by atoms with Crippen LogP contribution in [0.3, 0.4) is 0 Å². The van der Waals surface area contributed by atoms with E-state index < -0.39 is 54.2 Å². The third kappa shape index (κ3) is 19.8. The Morgan fingerprint density at radius 2 is 0.911 bits per heavy atom. The lowest BCUT2D eigenvalue weighted by molar-refractivity contribution is -0.158. The van der Waals surface area contributed by atoms with Crippen LogP contribution < -0.4 is 0 Å². The van der Waals surface area contributed by atoms with Crippen LogP contribution in [0.4, 0.5) is 9.59 Å². The molecule has 0 aliphatic rings. The fraction of sp³-hybridized carbons (Fsp3) is 0.552. The Morgan fingerprint density at radius 1 is 0.533 bits per heavy atom. The van der Waals surface area contributed by atoms with Gasteiger partial charge in [-0.25, -0.2) is 28.8 Å². The summed E-state index contributed by atoms with van der Waals surface area (Å²) in [5.41, 5.74) is 0.590. The molecule has 16 heteroatoms. The van der Waals surface area contributed by atoms with Gasteiger partial charge in [-0.15, -0.1) is 0 Å². The zero-order valence-electron chi connectivity index (χ0n) is 26.0. The Bertz CT molecular complexity index is 1110. The van der Waals surface area contributed by atoms with E-state index in [2.05, 4.69) is 17.9 Å². The smallest absolute Gasteiger partial charge is 0.462 e. The third-order valence-electron chi connectivity index (χ3n) is 4.98. The molecular formula is C29H40O16. The highest BCUT2D eigenvalue weighted by Gasteiger charge is 2.21. The fourth-order valence-electron chi connectivity index (χ4n) is 2.48. The van der Waals surface area contributed by atoms with E-state index in [0.29, 0.717) is 0 Å². The number of hydrogen-bond donors (Lipinski definition) is 0. The van der Waals surface area contributed by atoms with E-state index in [1.807, 2.05) is 0 Å². The number of hydrogen-bond acceptors (Lipinski definition) is 16. The van der Waals surface area contributed by atoms with Gasteiger partial charge in [0, 0.05) is 16.7 Å². The van der Waals surface area contributed by atoms with Crippen molar-refractivity contribution in [2.45, 2.75) is 47.1 Å². The second kappa shape index (κ2) is 22.6. The summed E-state index contributed by atoms with van der Waals surface area (Å²) >= 11 is 0. The van der Waals surface area contributed by atoms with Crippen molar-refractivity contribution in [1.29, 1.82) is 0 Å². The van der Waals surface area contributed by atoms with Gasteiger partial charge in [0.15, 0.2) is 6.10 Å². The van der Waals surface area contributed by atoms with Crippen molar-refractivity contribution in [3.8, 4) is 0 Å². The molecule has 0 radical (unpaired) electrons. The van der Waals surface area contributed by atoms with Gasteiger partial charge in [0.1, 0.15) is 52.9 Å². The zero-order chi connectivity index (χ0) is 34.4. The van der Waals surface area contributed by atoms with Crippen molar-refractivity contribution < 1.29 is 76.2 Å². The maximum Gasteiger partial charge on any atom is 0.509 e. The van der Waals surface area contributed by atoms with Gasteiger partial charge in [-0.2, -0.15) is 0 Å². The van der Waals surface area contributed by atoms with E-state index in [-0.39, 0.29) is 76.0 Å². The molecule has 0 rings (SSSR count). The second-order valence-electron chi connectivity index (χ2n) is 9.13. The van der Waals surface area contributed by atoms with Gasteiger partial charge in [0.2, 0.25) is 0 Å². The third-order valence-corrected chi connectivity index (χ3v) is 4.98. The number of esters is 5. The van der Waals surface area contributed by atoms with Crippen molar-refractivity contribution in [3.63, 3.8) is 0 Å². The molecule has 45 heavy (non-hydrogen) atoms. The minimum absolute atomic E-state index is 0.132. The lowest BCUT2D eigenvalue weighted by atomic mass is 10.1. The highest BCUT2D eigenvalue weighted by molar-refractivity contribution is 5.88. The van der Waals surface area contributed by atoms with E-state index in [4.69, 9.17) is 37.9 Å². The summed E-state index contributed by atoms with van der Waals surface area (Å²) in [7, 11) is 0. The van der Waals surface area contributed by atoms with Crippen molar-refractivity contribution in [1.82, 2.24) is 0 Å². The van der Waals surface area contributed by atoms with Crippen LogP contribution in [0.25, 0.3) is 0 Å². The van der Waals surface area contributed by atoms with Crippen molar-refractivity contribution >= 4 is 42.2 Å². The summed E-state index contributed by atoms with van der Waals surface area (Å²) in [4.78, 5) is 81.6. The van der Waals surface area contributed by atoms with Gasteiger partial charge in [-0.05, 0) is 34.1 Å². The summed E-state index contributed by atoms with van der Waals surface area (Å²) in [6.45, 7) is 12.0. The summed E-state index contributed by atoms with van der Waals surface area (Å²) < 4.78 is 43.2. The topological polar surface area (TPSA) is 203 Å². The van der Waals surface area contributed by atoms with Crippen LogP contribution in [0.15, 0.2) is 36.0 Å². The molecule has 0 amide bonds. The van der Waals surface area contributed by atoms with E-state index in [0.717, 1.165) is 0 Å². The molecule has 2 unspecified atom stereocenters. The van der Waals surface area contributed by atoms with Crippen LogP contribution in [0.1, 0.15) is 41.0 Å². The van der Waals surface area contributed by atoms with E-state index in [1.165, 1.54) is 33.8 Å². The second-order valence-corrected chi connectivity index (χ2v) is 9.13. The lowest BCUT2D eigenvalue weighted by Gasteiger charge is -2.13. The Morgan fingerprint density at radius 3 is 1.38 bits per heavy atom. The molecule has 252 valence electrons. The standard InChI is InChI=1S/C29H40O16/c1-18(2)23(30)37-10-11-41-27(34)22(7)45-29(36)44-17-14-40-26(33)21(6)9-8-20(5)25(32)39-13-16-43-28(35)42-15-12-38-24(31)19(3)4/h8,21-22H,1,3,9-17H2,2,4-7H3. The Balaban J connectivity index is 4.12.